The van der Waals surface area contributed by atoms with Crippen LogP contribution in [0.15, 0.2) is 10.5 Å². The Morgan fingerprint density at radius 1 is 1.46 bits per heavy atom. The van der Waals surface area contributed by atoms with Gasteiger partial charge < -0.3 is 9.52 Å². The lowest BCUT2D eigenvalue weighted by molar-refractivity contribution is -0.153. The number of hydrogen-bond acceptors (Lipinski definition) is 2. The SMILES string of the molecule is O=C(O)c1oc(C(F)(F)F)cc1F. The van der Waals surface area contributed by atoms with Gasteiger partial charge in [-0.1, -0.05) is 0 Å². The average Bonchev–Trinajstić information content (AvgIpc) is 2.29. The lowest BCUT2D eigenvalue weighted by Crippen LogP contribution is -2.02. The molecule has 1 N–H and O–H groups in total. The highest BCUT2D eigenvalue weighted by atomic mass is 19.4. The second-order valence-corrected chi connectivity index (χ2v) is 2.09. The molecule has 0 radical (unpaired) electrons. The van der Waals surface area contributed by atoms with E-state index in [1.54, 1.807) is 0 Å². The standard InChI is InChI=1S/C6H2F4O3/c7-2-1-3(6(8,9)10)13-4(2)5(11)12/h1H,(H,11,12). The van der Waals surface area contributed by atoms with Crippen LogP contribution in [0.1, 0.15) is 16.3 Å². The number of carboxylic acids is 1. The molecule has 0 aromatic carbocycles. The van der Waals surface area contributed by atoms with Crippen molar-refractivity contribution in [2.75, 3.05) is 0 Å². The fraction of sp³-hybridized carbons (Fsp3) is 0.167. The summed E-state index contributed by atoms with van der Waals surface area (Å²) in [5.74, 6) is -6.43. The number of carboxylic acid groups (broad SMARTS) is 1. The van der Waals surface area contributed by atoms with Gasteiger partial charge in [0.1, 0.15) is 0 Å². The van der Waals surface area contributed by atoms with Crippen LogP contribution in [-0.2, 0) is 6.18 Å². The second-order valence-electron chi connectivity index (χ2n) is 2.09. The topological polar surface area (TPSA) is 50.4 Å². The van der Waals surface area contributed by atoms with Gasteiger partial charge in [-0.3, -0.25) is 0 Å². The molecule has 0 aliphatic heterocycles. The van der Waals surface area contributed by atoms with E-state index >= 15 is 0 Å². The zero-order chi connectivity index (χ0) is 10.2. The van der Waals surface area contributed by atoms with E-state index in [-0.39, 0.29) is 6.07 Å². The number of aromatic carboxylic acids is 1. The Morgan fingerprint density at radius 2 is 2.00 bits per heavy atom. The number of rotatable bonds is 1. The monoisotopic (exact) mass is 198 g/mol. The van der Waals surface area contributed by atoms with Crippen molar-refractivity contribution < 1.29 is 31.9 Å². The number of carbonyl (C=O) groups is 1. The highest BCUT2D eigenvalue weighted by Crippen LogP contribution is 2.31. The van der Waals surface area contributed by atoms with Crippen molar-refractivity contribution in [2.24, 2.45) is 0 Å². The summed E-state index contributed by atoms with van der Waals surface area (Å²) in [5.41, 5.74) is 0. The average molecular weight is 198 g/mol. The van der Waals surface area contributed by atoms with Crippen molar-refractivity contribution >= 4 is 5.97 Å². The molecule has 7 heteroatoms. The van der Waals surface area contributed by atoms with Crippen molar-refractivity contribution in [1.82, 2.24) is 0 Å². The van der Waals surface area contributed by atoms with Gasteiger partial charge in [-0.25, -0.2) is 9.18 Å². The van der Waals surface area contributed by atoms with E-state index in [2.05, 4.69) is 4.42 Å². The fourth-order valence-electron chi connectivity index (χ4n) is 0.654. The van der Waals surface area contributed by atoms with E-state index in [4.69, 9.17) is 5.11 Å². The number of furan rings is 1. The lowest BCUT2D eigenvalue weighted by atomic mass is 10.4. The van der Waals surface area contributed by atoms with E-state index in [1.807, 2.05) is 0 Å². The maximum Gasteiger partial charge on any atom is 0.449 e. The van der Waals surface area contributed by atoms with Crippen LogP contribution in [0.5, 0.6) is 0 Å². The van der Waals surface area contributed by atoms with Gasteiger partial charge in [0.2, 0.25) is 11.5 Å². The summed E-state index contributed by atoms with van der Waals surface area (Å²) in [6, 6.07) is -0.0105. The van der Waals surface area contributed by atoms with Crippen LogP contribution in [0.4, 0.5) is 17.6 Å². The number of hydrogen-bond donors (Lipinski definition) is 1. The minimum atomic E-state index is -4.88. The molecule has 0 unspecified atom stereocenters. The first-order valence-corrected chi connectivity index (χ1v) is 2.92. The molecule has 72 valence electrons. The molecule has 0 saturated carbocycles. The molecule has 0 saturated heterocycles. The van der Waals surface area contributed by atoms with Crippen molar-refractivity contribution in [3.63, 3.8) is 0 Å². The van der Waals surface area contributed by atoms with Crippen LogP contribution >= 0.6 is 0 Å². The van der Waals surface area contributed by atoms with Crippen LogP contribution in [0.2, 0.25) is 0 Å². The molecule has 1 rings (SSSR count). The first kappa shape index (κ1) is 9.56. The Balaban J connectivity index is 3.17. The van der Waals surface area contributed by atoms with E-state index < -0.39 is 29.5 Å². The summed E-state index contributed by atoms with van der Waals surface area (Å²) in [7, 11) is 0. The quantitative estimate of drug-likeness (QED) is 0.703. The number of halogens is 4. The molecule has 0 bridgehead atoms. The van der Waals surface area contributed by atoms with Crippen molar-refractivity contribution in [1.29, 1.82) is 0 Å². The summed E-state index contributed by atoms with van der Waals surface area (Å²) in [4.78, 5) is 10.1. The lowest BCUT2D eigenvalue weighted by Gasteiger charge is -1.99. The van der Waals surface area contributed by atoms with Gasteiger partial charge in [0.25, 0.3) is 0 Å². The van der Waals surface area contributed by atoms with E-state index in [1.165, 1.54) is 0 Å². The van der Waals surface area contributed by atoms with Gasteiger partial charge in [0.15, 0.2) is 5.82 Å². The summed E-state index contributed by atoms with van der Waals surface area (Å²) in [6.45, 7) is 0. The van der Waals surface area contributed by atoms with Crippen molar-refractivity contribution in [3.05, 3.63) is 23.4 Å². The molecule has 1 heterocycles. The van der Waals surface area contributed by atoms with Gasteiger partial charge in [-0.2, -0.15) is 13.2 Å². The molecule has 13 heavy (non-hydrogen) atoms. The molecule has 0 spiro atoms. The Bertz CT molecular complexity index is 338. The third-order valence-electron chi connectivity index (χ3n) is 1.16. The van der Waals surface area contributed by atoms with Crippen LogP contribution in [-0.4, -0.2) is 11.1 Å². The van der Waals surface area contributed by atoms with Crippen LogP contribution in [0, 0.1) is 5.82 Å². The summed E-state index contributed by atoms with van der Waals surface area (Å²) in [6.07, 6.45) is -4.88. The minimum Gasteiger partial charge on any atom is -0.475 e. The summed E-state index contributed by atoms with van der Waals surface area (Å²) < 4.78 is 51.5. The summed E-state index contributed by atoms with van der Waals surface area (Å²) >= 11 is 0. The van der Waals surface area contributed by atoms with Gasteiger partial charge in [-0.05, 0) is 0 Å². The summed E-state index contributed by atoms with van der Waals surface area (Å²) in [5, 5.41) is 8.14. The molecule has 3 nitrogen and oxygen atoms in total. The molecule has 0 aliphatic carbocycles. The predicted octanol–water partition coefficient (Wildman–Crippen LogP) is 2.14. The Labute approximate surface area is 68.6 Å². The molecular weight excluding hydrogens is 196 g/mol. The minimum absolute atomic E-state index is 0.0105. The first-order valence-electron chi connectivity index (χ1n) is 2.92. The zero-order valence-electron chi connectivity index (χ0n) is 5.85. The smallest absolute Gasteiger partial charge is 0.449 e. The first-order chi connectivity index (χ1) is 5.82. The molecule has 0 fully saturated rings. The van der Waals surface area contributed by atoms with E-state index in [9.17, 15) is 22.4 Å². The zero-order valence-corrected chi connectivity index (χ0v) is 5.85. The molecule has 1 aromatic heterocycles. The predicted molar refractivity (Wildman–Crippen MR) is 30.6 cm³/mol. The fourth-order valence-corrected chi connectivity index (χ4v) is 0.654. The largest absolute Gasteiger partial charge is 0.475 e. The molecule has 0 aliphatic rings. The normalized spacial score (nSPS) is 11.7. The Morgan fingerprint density at radius 3 is 2.23 bits per heavy atom. The Kier molecular flexibility index (Phi) is 2.02. The Hall–Kier alpha value is -1.53. The maximum atomic E-state index is 12.4. The van der Waals surface area contributed by atoms with Crippen molar-refractivity contribution in [3.8, 4) is 0 Å². The molecule has 0 amide bonds. The number of alkyl halides is 3. The third kappa shape index (κ3) is 1.79. The van der Waals surface area contributed by atoms with Gasteiger partial charge in [0.05, 0.1) is 0 Å². The van der Waals surface area contributed by atoms with E-state index in [0.29, 0.717) is 0 Å². The van der Waals surface area contributed by atoms with Crippen molar-refractivity contribution in [2.45, 2.75) is 6.18 Å². The molecule has 1 aromatic rings. The maximum absolute atomic E-state index is 12.4. The van der Waals surface area contributed by atoms with Gasteiger partial charge >= 0.3 is 12.1 Å². The van der Waals surface area contributed by atoms with Gasteiger partial charge in [0, 0.05) is 6.07 Å². The third-order valence-corrected chi connectivity index (χ3v) is 1.16. The highest BCUT2D eigenvalue weighted by Gasteiger charge is 2.37. The van der Waals surface area contributed by atoms with E-state index in [0.717, 1.165) is 0 Å². The van der Waals surface area contributed by atoms with Gasteiger partial charge in [-0.15, -0.1) is 0 Å². The molecular formula is C6H2F4O3. The second kappa shape index (κ2) is 2.75. The van der Waals surface area contributed by atoms with Crippen LogP contribution in [0.25, 0.3) is 0 Å². The molecule has 0 atom stereocenters. The van der Waals surface area contributed by atoms with Crippen LogP contribution < -0.4 is 0 Å². The van der Waals surface area contributed by atoms with Crippen LogP contribution in [0.3, 0.4) is 0 Å². The highest BCUT2D eigenvalue weighted by molar-refractivity contribution is 5.84.